The molecule has 0 fully saturated rings. The van der Waals surface area contributed by atoms with Gasteiger partial charge in [-0.2, -0.15) is 0 Å². The zero-order chi connectivity index (χ0) is 27.4. The number of aromatic hydroxyl groups is 3. The van der Waals surface area contributed by atoms with Crippen LogP contribution in [-0.2, 0) is 39.6 Å². The van der Waals surface area contributed by atoms with Crippen LogP contribution in [0.3, 0.4) is 0 Å². The number of aliphatic hydroxyl groups is 6. The summed E-state index contributed by atoms with van der Waals surface area (Å²) in [6, 6.07) is 0. The molecule has 0 saturated heterocycles. The fourth-order valence-electron chi connectivity index (χ4n) is 2.99. The van der Waals surface area contributed by atoms with E-state index in [2.05, 4.69) is 15.0 Å². The van der Waals surface area contributed by atoms with Crippen LogP contribution in [0.5, 0.6) is 17.2 Å². The fourth-order valence-corrected chi connectivity index (χ4v) is 2.99. The molecular weight excluding hydrogens is 474 g/mol. The zero-order valence-corrected chi connectivity index (χ0v) is 20.3. The van der Waals surface area contributed by atoms with Crippen LogP contribution in [-0.4, -0.2) is 60.9 Å². The van der Waals surface area contributed by atoms with Gasteiger partial charge in [0.05, 0.1) is 56.7 Å². The van der Waals surface area contributed by atoms with Gasteiger partial charge in [0.25, 0.3) is 0 Å². The number of hydrogen-bond acceptors (Lipinski definition) is 12. The van der Waals surface area contributed by atoms with Crippen LogP contribution < -0.4 is 0 Å². The molecule has 36 heavy (non-hydrogen) atoms. The van der Waals surface area contributed by atoms with Gasteiger partial charge in [-0.05, 0) is 20.8 Å². The predicted molar refractivity (Wildman–Crippen MR) is 127 cm³/mol. The number of hydrogen-bond donors (Lipinski definition) is 9. The van der Waals surface area contributed by atoms with Gasteiger partial charge in [-0.3, -0.25) is 15.0 Å². The highest BCUT2D eigenvalue weighted by Gasteiger charge is 2.11. The molecule has 12 heteroatoms. The van der Waals surface area contributed by atoms with Gasteiger partial charge in [0.1, 0.15) is 17.2 Å². The quantitative estimate of drug-likeness (QED) is 0.219. The Morgan fingerprint density at radius 2 is 0.667 bits per heavy atom. The summed E-state index contributed by atoms with van der Waals surface area (Å²) in [5.41, 5.74) is 3.80. The second kappa shape index (κ2) is 14.9. The molecule has 0 aliphatic rings. The zero-order valence-electron chi connectivity index (χ0n) is 20.3. The van der Waals surface area contributed by atoms with Crippen molar-refractivity contribution in [2.24, 2.45) is 0 Å². The minimum atomic E-state index is -0.287. The molecule has 0 amide bonds. The van der Waals surface area contributed by atoms with E-state index in [9.17, 15) is 15.3 Å². The average molecular weight is 508 g/mol. The first-order valence-corrected chi connectivity index (χ1v) is 10.8. The third-order valence-electron chi connectivity index (χ3n) is 5.28. The standard InChI is InChI=1S/3C8H11NO3/c3*1-5-8(12)7(4-11)6(3-10)2-9-5/h3*2,10-12H,3-4H2,1H3. The lowest BCUT2D eigenvalue weighted by Crippen LogP contribution is -1.98. The van der Waals surface area contributed by atoms with Gasteiger partial charge in [0.15, 0.2) is 0 Å². The molecule has 3 rings (SSSR count). The highest BCUT2D eigenvalue weighted by Crippen LogP contribution is 2.25. The Morgan fingerprint density at radius 3 is 0.833 bits per heavy atom. The lowest BCUT2D eigenvalue weighted by molar-refractivity contribution is 0.254. The van der Waals surface area contributed by atoms with Crippen molar-refractivity contribution in [3.8, 4) is 17.2 Å². The van der Waals surface area contributed by atoms with E-state index < -0.39 is 0 Å². The van der Waals surface area contributed by atoms with Crippen molar-refractivity contribution in [1.29, 1.82) is 0 Å². The largest absolute Gasteiger partial charge is 0.506 e. The first-order chi connectivity index (χ1) is 17.1. The molecule has 0 radical (unpaired) electrons. The van der Waals surface area contributed by atoms with E-state index in [0.29, 0.717) is 50.5 Å². The maximum atomic E-state index is 9.38. The Morgan fingerprint density at radius 1 is 0.444 bits per heavy atom. The smallest absolute Gasteiger partial charge is 0.142 e. The minimum Gasteiger partial charge on any atom is -0.506 e. The van der Waals surface area contributed by atoms with Crippen LogP contribution >= 0.6 is 0 Å². The van der Waals surface area contributed by atoms with Gasteiger partial charge in [0.2, 0.25) is 0 Å². The van der Waals surface area contributed by atoms with Crippen molar-refractivity contribution in [3.05, 3.63) is 69.1 Å². The van der Waals surface area contributed by atoms with Gasteiger partial charge >= 0.3 is 0 Å². The van der Waals surface area contributed by atoms with Crippen LogP contribution in [0.4, 0.5) is 0 Å². The summed E-state index contributed by atoms with van der Waals surface area (Å²) in [6.07, 6.45) is 4.34. The normalized spacial score (nSPS) is 10.2. The van der Waals surface area contributed by atoms with Gasteiger partial charge < -0.3 is 46.0 Å². The molecule has 9 N–H and O–H groups in total. The van der Waals surface area contributed by atoms with E-state index in [-0.39, 0.29) is 56.9 Å². The lowest BCUT2D eigenvalue weighted by Gasteiger charge is -2.07. The Bertz CT molecular complexity index is 999. The molecule has 0 aromatic carbocycles. The van der Waals surface area contributed by atoms with Gasteiger partial charge in [-0.15, -0.1) is 0 Å². The summed E-state index contributed by atoms with van der Waals surface area (Å²) in [5, 5.41) is 81.1. The summed E-state index contributed by atoms with van der Waals surface area (Å²) in [7, 11) is 0. The first-order valence-electron chi connectivity index (χ1n) is 10.8. The number of rotatable bonds is 6. The SMILES string of the molecule is Cc1ncc(CO)c(CO)c1O.Cc1ncc(CO)c(CO)c1O.Cc1ncc(CO)c(CO)c1O. The fraction of sp³-hybridized carbons (Fsp3) is 0.375. The van der Waals surface area contributed by atoms with Crippen LogP contribution in [0.1, 0.15) is 50.5 Å². The second-order valence-electron chi connectivity index (χ2n) is 7.54. The third kappa shape index (κ3) is 7.55. The number of aryl methyl sites for hydroxylation is 3. The molecule has 0 aliphatic heterocycles. The molecule has 198 valence electrons. The summed E-state index contributed by atoms with van der Waals surface area (Å²) in [5.74, 6) is -0.114. The molecule has 0 bridgehead atoms. The number of aliphatic hydroxyl groups excluding tert-OH is 6. The Balaban J connectivity index is 0.000000270. The summed E-state index contributed by atoms with van der Waals surface area (Å²) >= 11 is 0. The molecule has 3 aromatic rings. The first kappa shape index (κ1) is 30.6. The molecule has 0 spiro atoms. The highest BCUT2D eigenvalue weighted by atomic mass is 16.3. The topological polar surface area (TPSA) is 221 Å². The van der Waals surface area contributed by atoms with Gasteiger partial charge in [-0.25, -0.2) is 0 Å². The molecule has 0 aliphatic carbocycles. The molecule has 0 atom stereocenters. The van der Waals surface area contributed by atoms with Crippen LogP contribution in [0.25, 0.3) is 0 Å². The monoisotopic (exact) mass is 507 g/mol. The van der Waals surface area contributed by atoms with Crippen molar-refractivity contribution in [2.45, 2.75) is 60.4 Å². The van der Waals surface area contributed by atoms with E-state index in [1.165, 1.54) is 18.6 Å². The minimum absolute atomic E-state index is 0.0379. The Kier molecular flexibility index (Phi) is 12.7. The summed E-state index contributed by atoms with van der Waals surface area (Å²) in [6.45, 7) is 3.37. The summed E-state index contributed by atoms with van der Waals surface area (Å²) in [4.78, 5) is 11.5. The summed E-state index contributed by atoms with van der Waals surface area (Å²) < 4.78 is 0. The van der Waals surface area contributed by atoms with E-state index in [1.54, 1.807) is 20.8 Å². The number of pyridine rings is 3. The Labute approximate surface area is 208 Å². The second-order valence-corrected chi connectivity index (χ2v) is 7.54. The lowest BCUT2D eigenvalue weighted by atomic mass is 10.1. The van der Waals surface area contributed by atoms with Crippen molar-refractivity contribution >= 4 is 0 Å². The van der Waals surface area contributed by atoms with Crippen LogP contribution in [0.15, 0.2) is 18.6 Å². The van der Waals surface area contributed by atoms with Gasteiger partial charge in [0, 0.05) is 52.0 Å². The highest BCUT2D eigenvalue weighted by molar-refractivity contribution is 5.41. The third-order valence-corrected chi connectivity index (χ3v) is 5.28. The van der Waals surface area contributed by atoms with Crippen LogP contribution in [0, 0.1) is 20.8 Å². The maximum Gasteiger partial charge on any atom is 0.142 e. The maximum absolute atomic E-state index is 9.38. The average Bonchev–Trinajstić information content (AvgIpc) is 2.89. The van der Waals surface area contributed by atoms with Crippen molar-refractivity contribution in [1.82, 2.24) is 15.0 Å². The predicted octanol–water partition coefficient (Wildman–Crippen LogP) is 0.241. The van der Waals surface area contributed by atoms with Gasteiger partial charge in [-0.1, -0.05) is 0 Å². The molecule has 0 saturated carbocycles. The number of nitrogens with zero attached hydrogens (tertiary/aromatic N) is 3. The van der Waals surface area contributed by atoms with E-state index in [4.69, 9.17) is 30.6 Å². The van der Waals surface area contributed by atoms with E-state index >= 15 is 0 Å². The molecule has 12 nitrogen and oxygen atoms in total. The van der Waals surface area contributed by atoms with E-state index in [1.807, 2.05) is 0 Å². The molecule has 3 heterocycles. The van der Waals surface area contributed by atoms with Crippen LogP contribution in [0.2, 0.25) is 0 Å². The van der Waals surface area contributed by atoms with Crippen molar-refractivity contribution < 1.29 is 46.0 Å². The number of aromatic nitrogens is 3. The molecule has 0 unspecified atom stereocenters. The van der Waals surface area contributed by atoms with E-state index in [0.717, 1.165) is 0 Å². The van der Waals surface area contributed by atoms with Crippen molar-refractivity contribution in [2.75, 3.05) is 0 Å². The van der Waals surface area contributed by atoms with Crippen molar-refractivity contribution in [3.63, 3.8) is 0 Å². The molecule has 3 aromatic heterocycles. The molecular formula is C24H33N3O9. The Hall–Kier alpha value is -3.39.